The Hall–Kier alpha value is -1.12. The number of benzene rings is 1. The van der Waals surface area contributed by atoms with Crippen molar-refractivity contribution in [1.82, 2.24) is 4.98 Å². The summed E-state index contributed by atoms with van der Waals surface area (Å²) in [6.07, 6.45) is 3.42. The molecule has 2 atom stereocenters. The normalized spacial score (nSPS) is 14.2. The van der Waals surface area contributed by atoms with Gasteiger partial charge in [0.05, 0.1) is 10.4 Å². The van der Waals surface area contributed by atoms with Crippen LogP contribution in [0.3, 0.4) is 0 Å². The summed E-state index contributed by atoms with van der Waals surface area (Å²) >= 11 is 12.3. The molecule has 2 unspecified atom stereocenters. The molecule has 0 spiro atoms. The molecule has 0 bridgehead atoms. The molecule has 0 saturated heterocycles. The lowest BCUT2D eigenvalue weighted by Crippen LogP contribution is -2.04. The lowest BCUT2D eigenvalue weighted by atomic mass is 9.94. The van der Waals surface area contributed by atoms with Crippen molar-refractivity contribution < 1.29 is 4.39 Å². The van der Waals surface area contributed by atoms with Crippen LogP contribution in [0.25, 0.3) is 0 Å². The predicted octanol–water partition coefficient (Wildman–Crippen LogP) is 4.96. The Morgan fingerprint density at radius 1 is 1.17 bits per heavy atom. The third-order valence-corrected chi connectivity index (χ3v) is 3.96. The van der Waals surface area contributed by atoms with Gasteiger partial charge in [0.25, 0.3) is 0 Å². The third kappa shape index (κ3) is 2.65. The Bertz CT molecular complexity index is 531. The van der Waals surface area contributed by atoms with E-state index in [9.17, 15) is 4.39 Å². The quantitative estimate of drug-likeness (QED) is 0.726. The van der Waals surface area contributed by atoms with Crippen LogP contribution in [0.15, 0.2) is 42.7 Å². The standard InChI is InChI=1S/C14H12Cl2FN/c1-9(10-5-7-18-8-6-10)13(15)11-3-2-4-12(17)14(11)16/h2-9,13H,1H3. The smallest absolute Gasteiger partial charge is 0.142 e. The van der Waals surface area contributed by atoms with E-state index < -0.39 is 5.82 Å². The molecular formula is C14H12Cl2FN. The van der Waals surface area contributed by atoms with Gasteiger partial charge in [-0.25, -0.2) is 4.39 Å². The maximum atomic E-state index is 13.4. The van der Waals surface area contributed by atoms with Gasteiger partial charge in [0.1, 0.15) is 5.82 Å². The van der Waals surface area contributed by atoms with Gasteiger partial charge in [0, 0.05) is 18.3 Å². The Morgan fingerprint density at radius 3 is 2.50 bits per heavy atom. The van der Waals surface area contributed by atoms with E-state index in [1.54, 1.807) is 24.5 Å². The Balaban J connectivity index is 2.31. The van der Waals surface area contributed by atoms with E-state index in [4.69, 9.17) is 23.2 Å². The minimum Gasteiger partial charge on any atom is -0.265 e. The first-order valence-corrected chi connectivity index (χ1v) is 6.40. The average molecular weight is 284 g/mol. The maximum absolute atomic E-state index is 13.4. The molecule has 1 nitrogen and oxygen atoms in total. The summed E-state index contributed by atoms with van der Waals surface area (Å²) in [5.74, 6) is -0.421. The summed E-state index contributed by atoms with van der Waals surface area (Å²) in [5.41, 5.74) is 1.66. The van der Waals surface area contributed by atoms with Crippen LogP contribution in [-0.4, -0.2) is 4.98 Å². The number of rotatable bonds is 3. The second-order valence-electron chi connectivity index (χ2n) is 4.11. The van der Waals surface area contributed by atoms with Crippen molar-refractivity contribution in [1.29, 1.82) is 0 Å². The van der Waals surface area contributed by atoms with Crippen molar-refractivity contribution in [3.8, 4) is 0 Å². The van der Waals surface area contributed by atoms with E-state index in [0.29, 0.717) is 5.56 Å². The number of hydrogen-bond donors (Lipinski definition) is 0. The highest BCUT2D eigenvalue weighted by atomic mass is 35.5. The number of aromatic nitrogens is 1. The lowest BCUT2D eigenvalue weighted by molar-refractivity contribution is 0.622. The van der Waals surface area contributed by atoms with Crippen LogP contribution in [0, 0.1) is 5.82 Å². The highest BCUT2D eigenvalue weighted by Gasteiger charge is 2.21. The number of nitrogens with zero attached hydrogens (tertiary/aromatic N) is 1. The summed E-state index contributed by atoms with van der Waals surface area (Å²) in [7, 11) is 0. The Kier molecular flexibility index (Phi) is 4.20. The van der Waals surface area contributed by atoms with Crippen molar-refractivity contribution >= 4 is 23.2 Å². The molecule has 1 aromatic heterocycles. The molecule has 1 aromatic carbocycles. The molecule has 2 aromatic rings. The number of alkyl halides is 1. The van der Waals surface area contributed by atoms with Crippen LogP contribution >= 0.6 is 23.2 Å². The van der Waals surface area contributed by atoms with E-state index in [1.165, 1.54) is 6.07 Å². The highest BCUT2D eigenvalue weighted by Crippen LogP contribution is 2.39. The van der Waals surface area contributed by atoms with Gasteiger partial charge >= 0.3 is 0 Å². The van der Waals surface area contributed by atoms with Gasteiger partial charge in [-0.05, 0) is 29.3 Å². The zero-order chi connectivity index (χ0) is 13.1. The van der Waals surface area contributed by atoms with Crippen LogP contribution in [0.2, 0.25) is 5.02 Å². The van der Waals surface area contributed by atoms with Gasteiger partial charge in [0.15, 0.2) is 0 Å². The largest absolute Gasteiger partial charge is 0.265 e. The first kappa shape index (κ1) is 13.3. The minimum atomic E-state index is -0.443. The van der Waals surface area contributed by atoms with Gasteiger partial charge in [0.2, 0.25) is 0 Å². The number of hydrogen-bond acceptors (Lipinski definition) is 1. The monoisotopic (exact) mass is 283 g/mol. The molecule has 0 N–H and O–H groups in total. The summed E-state index contributed by atoms with van der Waals surface area (Å²) in [6.45, 7) is 1.98. The van der Waals surface area contributed by atoms with Gasteiger partial charge in [-0.15, -0.1) is 11.6 Å². The molecule has 2 rings (SSSR count). The maximum Gasteiger partial charge on any atom is 0.142 e. The van der Waals surface area contributed by atoms with Crippen molar-refractivity contribution in [2.45, 2.75) is 18.2 Å². The molecule has 1 heterocycles. The van der Waals surface area contributed by atoms with E-state index in [2.05, 4.69) is 4.98 Å². The van der Waals surface area contributed by atoms with E-state index in [1.807, 2.05) is 19.1 Å². The molecule has 0 radical (unpaired) electrons. The summed E-state index contributed by atoms with van der Waals surface area (Å²) in [6, 6.07) is 8.49. The molecule has 0 aliphatic carbocycles. The van der Waals surface area contributed by atoms with Gasteiger partial charge in [-0.1, -0.05) is 30.7 Å². The van der Waals surface area contributed by atoms with Crippen LogP contribution in [-0.2, 0) is 0 Å². The average Bonchev–Trinajstić information content (AvgIpc) is 2.41. The van der Waals surface area contributed by atoms with E-state index in [0.717, 1.165) is 5.56 Å². The van der Waals surface area contributed by atoms with Gasteiger partial charge in [-0.3, -0.25) is 4.98 Å². The fraction of sp³-hybridized carbons (Fsp3) is 0.214. The molecule has 0 amide bonds. The van der Waals surface area contributed by atoms with E-state index in [-0.39, 0.29) is 16.3 Å². The van der Waals surface area contributed by atoms with Crippen molar-refractivity contribution in [2.24, 2.45) is 0 Å². The molecule has 18 heavy (non-hydrogen) atoms. The zero-order valence-corrected chi connectivity index (χ0v) is 11.3. The topological polar surface area (TPSA) is 12.9 Å². The van der Waals surface area contributed by atoms with Crippen LogP contribution in [0.4, 0.5) is 4.39 Å². The molecule has 94 valence electrons. The second kappa shape index (κ2) is 5.68. The molecule has 0 aliphatic rings. The second-order valence-corrected chi connectivity index (χ2v) is 4.96. The first-order chi connectivity index (χ1) is 8.61. The van der Waals surface area contributed by atoms with Crippen molar-refractivity contribution in [3.63, 3.8) is 0 Å². The lowest BCUT2D eigenvalue weighted by Gasteiger charge is -2.19. The molecular weight excluding hydrogens is 272 g/mol. The van der Waals surface area contributed by atoms with Crippen LogP contribution in [0.5, 0.6) is 0 Å². The van der Waals surface area contributed by atoms with Crippen LogP contribution in [0.1, 0.15) is 29.3 Å². The fourth-order valence-corrected chi connectivity index (χ4v) is 2.47. The molecule has 4 heteroatoms. The van der Waals surface area contributed by atoms with Crippen LogP contribution < -0.4 is 0 Å². The van der Waals surface area contributed by atoms with Crippen molar-refractivity contribution in [3.05, 3.63) is 64.7 Å². The SMILES string of the molecule is CC(c1ccncc1)C(Cl)c1cccc(F)c1Cl. The Morgan fingerprint density at radius 2 is 1.83 bits per heavy atom. The molecule has 0 fully saturated rings. The first-order valence-electron chi connectivity index (χ1n) is 5.59. The molecule has 0 aliphatic heterocycles. The van der Waals surface area contributed by atoms with Gasteiger partial charge in [-0.2, -0.15) is 0 Å². The summed E-state index contributed by atoms with van der Waals surface area (Å²) in [5, 5.41) is -0.283. The number of halogens is 3. The summed E-state index contributed by atoms with van der Waals surface area (Å²) in [4.78, 5) is 3.96. The Labute approximate surface area is 116 Å². The third-order valence-electron chi connectivity index (χ3n) is 2.95. The summed E-state index contributed by atoms with van der Waals surface area (Å²) < 4.78 is 13.4. The van der Waals surface area contributed by atoms with Gasteiger partial charge < -0.3 is 0 Å². The fourth-order valence-electron chi connectivity index (χ4n) is 1.84. The highest BCUT2D eigenvalue weighted by molar-refractivity contribution is 6.33. The van der Waals surface area contributed by atoms with Crippen molar-refractivity contribution in [2.75, 3.05) is 0 Å². The predicted molar refractivity (Wildman–Crippen MR) is 72.7 cm³/mol. The number of pyridine rings is 1. The van der Waals surface area contributed by atoms with E-state index >= 15 is 0 Å². The minimum absolute atomic E-state index is 0.0222. The zero-order valence-electron chi connectivity index (χ0n) is 9.78. The molecule has 0 saturated carbocycles.